The molecule has 0 bridgehead atoms. The van der Waals surface area contributed by atoms with Gasteiger partial charge in [0.15, 0.2) is 0 Å². The highest BCUT2D eigenvalue weighted by atomic mass is 32.2. The molecule has 1 aromatic rings. The maximum Gasteiger partial charge on any atom is 0.326 e. The van der Waals surface area contributed by atoms with Gasteiger partial charge in [0.05, 0.1) is 19.1 Å². The molecule has 1 rings (SSSR count). The third kappa shape index (κ3) is 3.74. The lowest BCUT2D eigenvalue weighted by Gasteiger charge is -2.21. The molecule has 0 heterocycles. The van der Waals surface area contributed by atoms with Crippen LogP contribution in [0.1, 0.15) is 5.56 Å². The Morgan fingerprint density at radius 3 is 2.53 bits per heavy atom. The summed E-state index contributed by atoms with van der Waals surface area (Å²) in [5.41, 5.74) is 1.37. The van der Waals surface area contributed by atoms with Crippen LogP contribution in [0.2, 0.25) is 0 Å². The molecule has 0 amide bonds. The van der Waals surface area contributed by atoms with E-state index in [-0.39, 0.29) is 6.54 Å². The summed E-state index contributed by atoms with van der Waals surface area (Å²) in [5.74, 6) is -0.600. The van der Waals surface area contributed by atoms with Crippen LogP contribution in [0.15, 0.2) is 24.3 Å². The van der Waals surface area contributed by atoms with Gasteiger partial charge in [-0.15, -0.1) is 0 Å². The van der Waals surface area contributed by atoms with Crippen molar-refractivity contribution < 1.29 is 17.9 Å². The number of aryl methyl sites for hydroxylation is 1. The fourth-order valence-corrected chi connectivity index (χ4v) is 2.20. The smallest absolute Gasteiger partial charge is 0.326 e. The minimum Gasteiger partial charge on any atom is -0.468 e. The SMILES string of the molecule is COC(=O)CN(c1cccc(C)c1)S(C)(=O)=O. The summed E-state index contributed by atoms with van der Waals surface area (Å²) in [5, 5.41) is 0. The van der Waals surface area contributed by atoms with Crippen LogP contribution in [0.3, 0.4) is 0 Å². The molecular formula is C11H15NO4S. The van der Waals surface area contributed by atoms with Gasteiger partial charge in [-0.05, 0) is 24.6 Å². The molecule has 0 saturated carbocycles. The molecule has 94 valence electrons. The molecule has 0 aromatic heterocycles. The summed E-state index contributed by atoms with van der Waals surface area (Å²) in [6.45, 7) is 1.53. The Morgan fingerprint density at radius 2 is 2.06 bits per heavy atom. The second-order valence-corrected chi connectivity index (χ2v) is 5.59. The van der Waals surface area contributed by atoms with Crippen molar-refractivity contribution in [2.24, 2.45) is 0 Å². The Morgan fingerprint density at radius 1 is 1.41 bits per heavy atom. The van der Waals surface area contributed by atoms with E-state index in [4.69, 9.17) is 0 Å². The molecule has 0 spiro atoms. The van der Waals surface area contributed by atoms with Gasteiger partial charge < -0.3 is 4.74 Å². The molecule has 0 aliphatic heterocycles. The lowest BCUT2D eigenvalue weighted by Crippen LogP contribution is -2.35. The molecule has 0 aliphatic carbocycles. The summed E-state index contributed by atoms with van der Waals surface area (Å²) < 4.78 is 28.7. The summed E-state index contributed by atoms with van der Waals surface area (Å²) >= 11 is 0. The maximum atomic E-state index is 11.6. The average Bonchev–Trinajstić information content (AvgIpc) is 2.23. The van der Waals surface area contributed by atoms with Crippen molar-refractivity contribution in [2.45, 2.75) is 6.92 Å². The van der Waals surface area contributed by atoms with Crippen LogP contribution in [0.25, 0.3) is 0 Å². The highest BCUT2D eigenvalue weighted by Crippen LogP contribution is 2.18. The number of nitrogens with zero attached hydrogens (tertiary/aromatic N) is 1. The fourth-order valence-electron chi connectivity index (χ4n) is 1.36. The van der Waals surface area contributed by atoms with Crippen LogP contribution in [-0.2, 0) is 19.6 Å². The first-order valence-corrected chi connectivity index (χ1v) is 6.80. The number of benzene rings is 1. The second kappa shape index (κ2) is 5.18. The minimum atomic E-state index is -3.51. The van der Waals surface area contributed by atoms with E-state index in [9.17, 15) is 13.2 Å². The summed E-state index contributed by atoms with van der Waals surface area (Å²) in [6, 6.07) is 6.92. The van der Waals surface area contributed by atoms with Crippen molar-refractivity contribution in [2.75, 3.05) is 24.2 Å². The van der Waals surface area contributed by atoms with Gasteiger partial charge in [0.1, 0.15) is 6.54 Å². The molecule has 1 aromatic carbocycles. The summed E-state index contributed by atoms with van der Waals surface area (Å²) in [4.78, 5) is 11.2. The Kier molecular flexibility index (Phi) is 4.11. The zero-order valence-electron chi connectivity index (χ0n) is 10.0. The van der Waals surface area contributed by atoms with Crippen LogP contribution in [-0.4, -0.2) is 34.3 Å². The Balaban J connectivity index is 3.12. The van der Waals surface area contributed by atoms with Crippen LogP contribution in [0.5, 0.6) is 0 Å². The fraction of sp³-hybridized carbons (Fsp3) is 0.364. The topological polar surface area (TPSA) is 63.7 Å². The highest BCUT2D eigenvalue weighted by molar-refractivity contribution is 7.92. The third-order valence-electron chi connectivity index (χ3n) is 2.19. The zero-order chi connectivity index (χ0) is 13.1. The first kappa shape index (κ1) is 13.5. The number of esters is 1. The van der Waals surface area contributed by atoms with Gasteiger partial charge in [0, 0.05) is 0 Å². The second-order valence-electron chi connectivity index (χ2n) is 3.68. The Labute approximate surface area is 101 Å². The number of ether oxygens (including phenoxy) is 1. The van der Waals surface area contributed by atoms with Gasteiger partial charge in [-0.25, -0.2) is 8.42 Å². The average molecular weight is 257 g/mol. The number of hydrogen-bond acceptors (Lipinski definition) is 4. The van der Waals surface area contributed by atoms with Gasteiger partial charge in [0.25, 0.3) is 0 Å². The standard InChI is InChI=1S/C11H15NO4S/c1-9-5-4-6-10(7-9)12(17(3,14)15)8-11(13)16-2/h4-7H,8H2,1-3H3. The van der Waals surface area contributed by atoms with Gasteiger partial charge in [-0.2, -0.15) is 0 Å². The number of carbonyl (C=O) groups excluding carboxylic acids is 1. The van der Waals surface area contributed by atoms with Crippen molar-refractivity contribution in [3.05, 3.63) is 29.8 Å². The van der Waals surface area contributed by atoms with Crippen LogP contribution in [0, 0.1) is 6.92 Å². The highest BCUT2D eigenvalue weighted by Gasteiger charge is 2.20. The van der Waals surface area contributed by atoms with Crippen molar-refractivity contribution in [1.29, 1.82) is 0 Å². The van der Waals surface area contributed by atoms with E-state index in [0.717, 1.165) is 16.1 Å². The third-order valence-corrected chi connectivity index (χ3v) is 3.33. The molecule has 5 nitrogen and oxygen atoms in total. The Bertz CT molecular complexity index is 510. The van der Waals surface area contributed by atoms with E-state index >= 15 is 0 Å². The number of anilines is 1. The van der Waals surface area contributed by atoms with E-state index in [1.54, 1.807) is 18.2 Å². The normalized spacial score (nSPS) is 11.0. The van der Waals surface area contributed by atoms with Crippen molar-refractivity contribution in [3.8, 4) is 0 Å². The van der Waals surface area contributed by atoms with Gasteiger partial charge in [-0.1, -0.05) is 12.1 Å². The monoisotopic (exact) mass is 257 g/mol. The van der Waals surface area contributed by atoms with Crippen molar-refractivity contribution >= 4 is 21.7 Å². The summed E-state index contributed by atoms with van der Waals surface area (Å²) in [6.07, 6.45) is 1.05. The zero-order valence-corrected chi connectivity index (χ0v) is 10.8. The maximum absolute atomic E-state index is 11.6. The minimum absolute atomic E-state index is 0.321. The van der Waals surface area contributed by atoms with Crippen molar-refractivity contribution in [3.63, 3.8) is 0 Å². The van der Waals surface area contributed by atoms with Gasteiger partial charge in [0.2, 0.25) is 10.0 Å². The summed E-state index contributed by atoms with van der Waals surface area (Å²) in [7, 11) is -2.29. The van der Waals surface area contributed by atoms with Gasteiger partial charge >= 0.3 is 5.97 Å². The van der Waals surface area contributed by atoms with E-state index < -0.39 is 16.0 Å². The molecule has 6 heteroatoms. The molecule has 0 atom stereocenters. The van der Waals surface area contributed by atoms with E-state index in [0.29, 0.717) is 5.69 Å². The number of sulfonamides is 1. The quantitative estimate of drug-likeness (QED) is 0.753. The van der Waals surface area contributed by atoms with Crippen LogP contribution >= 0.6 is 0 Å². The molecule has 0 aliphatic rings. The van der Waals surface area contributed by atoms with Crippen LogP contribution in [0.4, 0.5) is 5.69 Å². The molecule has 0 unspecified atom stereocenters. The molecular weight excluding hydrogens is 242 g/mol. The van der Waals surface area contributed by atoms with Crippen molar-refractivity contribution in [1.82, 2.24) is 0 Å². The van der Waals surface area contributed by atoms with Gasteiger partial charge in [-0.3, -0.25) is 9.10 Å². The Hall–Kier alpha value is -1.56. The number of hydrogen-bond donors (Lipinski definition) is 0. The predicted molar refractivity (Wildman–Crippen MR) is 65.4 cm³/mol. The van der Waals surface area contributed by atoms with E-state index in [1.807, 2.05) is 13.0 Å². The lowest BCUT2D eigenvalue weighted by atomic mass is 10.2. The number of carbonyl (C=O) groups is 1. The predicted octanol–water partition coefficient (Wildman–Crippen LogP) is 0.934. The van der Waals surface area contributed by atoms with E-state index in [1.165, 1.54) is 7.11 Å². The lowest BCUT2D eigenvalue weighted by molar-refractivity contribution is -0.138. The van der Waals surface area contributed by atoms with E-state index in [2.05, 4.69) is 4.74 Å². The number of methoxy groups -OCH3 is 1. The molecule has 0 saturated heterocycles. The first-order chi connectivity index (χ1) is 7.84. The molecule has 0 fully saturated rings. The molecule has 17 heavy (non-hydrogen) atoms. The molecule has 0 radical (unpaired) electrons. The van der Waals surface area contributed by atoms with Crippen LogP contribution < -0.4 is 4.31 Å². The first-order valence-electron chi connectivity index (χ1n) is 4.96. The number of rotatable bonds is 4. The largest absolute Gasteiger partial charge is 0.468 e. The molecule has 0 N–H and O–H groups in total.